The molecule has 86 valence electrons. The summed E-state index contributed by atoms with van der Waals surface area (Å²) < 4.78 is 24.5. The molecule has 0 unspecified atom stereocenters. The maximum atomic E-state index is 12.3. The molecule has 0 aliphatic carbocycles. The van der Waals surface area contributed by atoms with Crippen molar-refractivity contribution in [1.29, 1.82) is 0 Å². The van der Waals surface area contributed by atoms with Gasteiger partial charge in [0.25, 0.3) is 17.4 Å². The number of nitrogens with two attached hydrogens (primary N) is 1. The quantitative estimate of drug-likeness (QED) is 0.502. The molecule has 1 aromatic heterocycles. The second kappa shape index (κ2) is 4.35. The normalized spacial score (nSPS) is 10.5. The van der Waals surface area contributed by atoms with Crippen molar-refractivity contribution >= 4 is 28.3 Å². The average molecular weight is 252 g/mol. The van der Waals surface area contributed by atoms with Gasteiger partial charge in [-0.15, -0.1) is 0 Å². The Morgan fingerprint density at radius 3 is 2.56 bits per heavy atom. The summed E-state index contributed by atoms with van der Waals surface area (Å²) in [4.78, 5) is 23.5. The van der Waals surface area contributed by atoms with Crippen molar-refractivity contribution in [2.24, 2.45) is 0 Å². The van der Waals surface area contributed by atoms with Gasteiger partial charge in [0.05, 0.1) is 4.92 Å². The van der Waals surface area contributed by atoms with Crippen molar-refractivity contribution in [3.63, 3.8) is 0 Å². The standard InChI is InChI=1S/C7H4ClF2N3O3/c8-5(14)4-3(13(15)16)1-2(6(9)10)12-7(4)11/h1,6H,(H2,11,12). The summed E-state index contributed by atoms with van der Waals surface area (Å²) in [6.07, 6.45) is -3.03. The van der Waals surface area contributed by atoms with Crippen molar-refractivity contribution in [1.82, 2.24) is 4.98 Å². The summed E-state index contributed by atoms with van der Waals surface area (Å²) in [6, 6.07) is 0.469. The predicted molar refractivity (Wildman–Crippen MR) is 50.4 cm³/mol. The number of hydrogen-bond acceptors (Lipinski definition) is 5. The fourth-order valence-corrected chi connectivity index (χ4v) is 1.22. The Kier molecular flexibility index (Phi) is 3.33. The molecule has 0 atom stereocenters. The van der Waals surface area contributed by atoms with E-state index in [0.29, 0.717) is 6.07 Å². The molecule has 6 nitrogen and oxygen atoms in total. The zero-order valence-corrected chi connectivity index (χ0v) is 8.24. The van der Waals surface area contributed by atoms with Crippen LogP contribution in [0, 0.1) is 10.1 Å². The number of nitrogen functional groups attached to an aromatic ring is 1. The third-order valence-corrected chi connectivity index (χ3v) is 1.85. The van der Waals surface area contributed by atoms with Gasteiger partial charge in [0.1, 0.15) is 11.5 Å². The molecule has 9 heteroatoms. The number of carbonyl (C=O) groups excluding carboxylic acids is 1. The number of nitrogens with zero attached hydrogens (tertiary/aromatic N) is 2. The molecule has 0 fully saturated rings. The molecule has 0 amide bonds. The maximum absolute atomic E-state index is 12.3. The highest BCUT2D eigenvalue weighted by Gasteiger charge is 2.26. The Morgan fingerprint density at radius 1 is 1.62 bits per heavy atom. The second-order valence-corrected chi connectivity index (χ2v) is 3.00. The first-order valence-corrected chi connectivity index (χ1v) is 4.15. The van der Waals surface area contributed by atoms with Crippen LogP contribution in [0.3, 0.4) is 0 Å². The molecule has 0 saturated heterocycles. The van der Waals surface area contributed by atoms with Crippen LogP contribution < -0.4 is 5.73 Å². The monoisotopic (exact) mass is 251 g/mol. The van der Waals surface area contributed by atoms with Gasteiger partial charge in [0.15, 0.2) is 5.56 Å². The van der Waals surface area contributed by atoms with Crippen LogP contribution in [0.1, 0.15) is 22.5 Å². The molecule has 0 spiro atoms. The summed E-state index contributed by atoms with van der Waals surface area (Å²) >= 11 is 5.04. The Labute approximate surface area is 92.2 Å². The van der Waals surface area contributed by atoms with E-state index in [1.54, 1.807) is 0 Å². The van der Waals surface area contributed by atoms with Crippen molar-refractivity contribution < 1.29 is 18.5 Å². The maximum Gasteiger partial charge on any atom is 0.287 e. The van der Waals surface area contributed by atoms with Gasteiger partial charge in [0.2, 0.25) is 0 Å². The zero-order valence-electron chi connectivity index (χ0n) is 7.49. The lowest BCUT2D eigenvalue weighted by Gasteiger charge is -2.04. The van der Waals surface area contributed by atoms with Gasteiger partial charge in [-0.05, 0) is 11.6 Å². The smallest absolute Gasteiger partial charge is 0.287 e. The Morgan fingerprint density at radius 2 is 2.19 bits per heavy atom. The number of aromatic nitrogens is 1. The minimum atomic E-state index is -3.03. The third kappa shape index (κ3) is 2.22. The van der Waals surface area contributed by atoms with Crippen molar-refractivity contribution in [3.05, 3.63) is 27.4 Å². The van der Waals surface area contributed by atoms with Crippen molar-refractivity contribution in [2.75, 3.05) is 5.73 Å². The number of halogens is 3. The molecule has 1 aromatic rings. The molecule has 1 rings (SSSR count). The molecule has 1 heterocycles. The molecular weight excluding hydrogens is 248 g/mol. The van der Waals surface area contributed by atoms with E-state index in [4.69, 9.17) is 17.3 Å². The Hall–Kier alpha value is -1.83. The molecule has 0 aliphatic rings. The minimum Gasteiger partial charge on any atom is -0.383 e. The van der Waals surface area contributed by atoms with Crippen LogP contribution in [-0.4, -0.2) is 15.1 Å². The van der Waals surface area contributed by atoms with Gasteiger partial charge in [0, 0.05) is 6.07 Å². The van der Waals surface area contributed by atoms with E-state index in [9.17, 15) is 23.7 Å². The molecular formula is C7H4ClF2N3O3. The topological polar surface area (TPSA) is 99.1 Å². The largest absolute Gasteiger partial charge is 0.383 e. The van der Waals surface area contributed by atoms with E-state index in [0.717, 1.165) is 0 Å². The number of alkyl halides is 2. The minimum absolute atomic E-state index is 0.469. The van der Waals surface area contributed by atoms with E-state index in [2.05, 4.69) is 4.98 Å². The van der Waals surface area contributed by atoms with Crippen LogP contribution in [0.5, 0.6) is 0 Å². The van der Waals surface area contributed by atoms with Crippen molar-refractivity contribution in [2.45, 2.75) is 6.43 Å². The summed E-state index contributed by atoms with van der Waals surface area (Å²) in [5.74, 6) is -0.690. The van der Waals surface area contributed by atoms with Crippen LogP contribution in [0.2, 0.25) is 0 Å². The Bertz CT molecular complexity index is 466. The lowest BCUT2D eigenvalue weighted by atomic mass is 10.2. The molecule has 0 aromatic carbocycles. The number of pyridine rings is 1. The molecule has 0 aliphatic heterocycles. The van der Waals surface area contributed by atoms with E-state index in [-0.39, 0.29) is 0 Å². The highest BCUT2D eigenvalue weighted by atomic mass is 35.5. The summed E-state index contributed by atoms with van der Waals surface area (Å²) in [6.45, 7) is 0. The van der Waals surface area contributed by atoms with E-state index >= 15 is 0 Å². The van der Waals surface area contributed by atoms with E-state index < -0.39 is 39.4 Å². The molecule has 0 saturated carbocycles. The molecule has 0 radical (unpaired) electrons. The average Bonchev–Trinajstić information content (AvgIpc) is 2.15. The summed E-state index contributed by atoms with van der Waals surface area (Å²) in [5.41, 5.74) is 2.69. The van der Waals surface area contributed by atoms with Crippen LogP contribution in [0.25, 0.3) is 0 Å². The lowest BCUT2D eigenvalue weighted by molar-refractivity contribution is -0.385. The molecule has 0 bridgehead atoms. The van der Waals surface area contributed by atoms with Gasteiger partial charge in [-0.25, -0.2) is 13.8 Å². The highest BCUT2D eigenvalue weighted by molar-refractivity contribution is 6.68. The summed E-state index contributed by atoms with van der Waals surface area (Å²) in [5, 5.41) is 9.30. The van der Waals surface area contributed by atoms with Gasteiger partial charge >= 0.3 is 0 Å². The molecule has 2 N–H and O–H groups in total. The lowest BCUT2D eigenvalue weighted by Crippen LogP contribution is -2.08. The van der Waals surface area contributed by atoms with Crippen LogP contribution in [-0.2, 0) is 0 Å². The fourth-order valence-electron chi connectivity index (χ4n) is 1.03. The highest BCUT2D eigenvalue weighted by Crippen LogP contribution is 2.29. The number of anilines is 1. The van der Waals surface area contributed by atoms with Crippen LogP contribution >= 0.6 is 11.6 Å². The van der Waals surface area contributed by atoms with Gasteiger partial charge in [-0.2, -0.15) is 0 Å². The second-order valence-electron chi connectivity index (χ2n) is 2.66. The van der Waals surface area contributed by atoms with Gasteiger partial charge < -0.3 is 5.73 Å². The van der Waals surface area contributed by atoms with Crippen LogP contribution in [0.15, 0.2) is 6.07 Å². The van der Waals surface area contributed by atoms with Gasteiger partial charge in [-0.1, -0.05) is 0 Å². The molecule has 16 heavy (non-hydrogen) atoms. The van der Waals surface area contributed by atoms with E-state index in [1.165, 1.54) is 0 Å². The SMILES string of the molecule is Nc1nc(C(F)F)cc([N+](=O)[O-])c1C(=O)Cl. The summed E-state index contributed by atoms with van der Waals surface area (Å²) in [7, 11) is 0. The van der Waals surface area contributed by atoms with Crippen LogP contribution in [0.4, 0.5) is 20.3 Å². The number of hydrogen-bond donors (Lipinski definition) is 1. The first-order valence-electron chi connectivity index (χ1n) is 3.77. The number of rotatable bonds is 3. The van der Waals surface area contributed by atoms with Crippen molar-refractivity contribution in [3.8, 4) is 0 Å². The first kappa shape index (κ1) is 12.2. The number of carbonyl (C=O) groups is 1. The first-order chi connectivity index (χ1) is 7.34. The third-order valence-electron chi connectivity index (χ3n) is 1.66. The predicted octanol–water partition coefficient (Wildman–Crippen LogP) is 1.89. The Balaban J connectivity index is 3.52. The fraction of sp³-hybridized carbons (Fsp3) is 0.143. The number of nitro groups is 1. The van der Waals surface area contributed by atoms with E-state index in [1.807, 2.05) is 0 Å². The van der Waals surface area contributed by atoms with Gasteiger partial charge in [-0.3, -0.25) is 14.9 Å². The zero-order chi connectivity index (χ0) is 12.5.